The fraction of sp³-hybridized carbons (Fsp3) is 0.429. The van der Waals surface area contributed by atoms with Crippen molar-refractivity contribution in [3.63, 3.8) is 0 Å². The minimum Gasteiger partial charge on any atom is -0.465 e. The molecule has 0 bridgehead atoms. The number of ether oxygens (including phenoxy) is 2. The van der Waals surface area contributed by atoms with Crippen LogP contribution in [0.2, 0.25) is 5.02 Å². The number of carbonyl (C=O) groups excluding carboxylic acids is 2. The zero-order chi connectivity index (χ0) is 15.6. The minimum absolute atomic E-state index is 0.244. The van der Waals surface area contributed by atoms with Gasteiger partial charge >= 0.3 is 5.97 Å². The zero-order valence-corrected chi connectivity index (χ0v) is 12.6. The lowest BCUT2D eigenvalue weighted by Gasteiger charge is -2.25. The van der Waals surface area contributed by atoms with Gasteiger partial charge in [0.2, 0.25) is 5.91 Å². The van der Waals surface area contributed by atoms with Crippen LogP contribution in [-0.2, 0) is 14.3 Å². The van der Waals surface area contributed by atoms with E-state index in [4.69, 9.17) is 22.1 Å². The lowest BCUT2D eigenvalue weighted by atomic mass is 9.85. The van der Waals surface area contributed by atoms with E-state index in [0.29, 0.717) is 22.9 Å². The topological polar surface area (TPSA) is 90.6 Å². The molecule has 0 aliphatic carbocycles. The highest BCUT2D eigenvalue weighted by atomic mass is 35.5. The van der Waals surface area contributed by atoms with Crippen molar-refractivity contribution in [3.8, 4) is 0 Å². The molecule has 1 aromatic rings. The predicted octanol–water partition coefficient (Wildman–Crippen LogP) is 1.43. The van der Waals surface area contributed by atoms with E-state index >= 15 is 0 Å². The summed E-state index contributed by atoms with van der Waals surface area (Å²) in [6, 6.07) is 4.13. The van der Waals surface area contributed by atoms with E-state index in [1.54, 1.807) is 6.92 Å². The van der Waals surface area contributed by atoms with E-state index in [0.717, 1.165) is 0 Å². The first-order valence-corrected chi connectivity index (χ1v) is 6.79. The van der Waals surface area contributed by atoms with Crippen LogP contribution >= 0.6 is 11.6 Å². The second kappa shape index (κ2) is 6.01. The van der Waals surface area contributed by atoms with Crippen molar-refractivity contribution in [2.75, 3.05) is 25.6 Å². The number of methoxy groups -OCH3 is 1. The Hall–Kier alpha value is -1.63. The Morgan fingerprint density at radius 3 is 2.81 bits per heavy atom. The summed E-state index contributed by atoms with van der Waals surface area (Å²) in [7, 11) is 1.28. The molecule has 2 atom stereocenters. The van der Waals surface area contributed by atoms with Crippen molar-refractivity contribution in [2.45, 2.75) is 13.0 Å². The number of hydrogen-bond acceptors (Lipinski definition) is 5. The van der Waals surface area contributed by atoms with E-state index in [1.165, 1.54) is 25.3 Å². The second-order valence-corrected chi connectivity index (χ2v) is 5.59. The van der Waals surface area contributed by atoms with Crippen LogP contribution in [0.4, 0.5) is 5.69 Å². The minimum atomic E-state index is -0.829. The van der Waals surface area contributed by atoms with Crippen molar-refractivity contribution >= 4 is 29.2 Å². The van der Waals surface area contributed by atoms with Gasteiger partial charge < -0.3 is 20.5 Å². The number of amides is 1. The largest absolute Gasteiger partial charge is 0.465 e. The van der Waals surface area contributed by atoms with Gasteiger partial charge in [0.05, 0.1) is 42.0 Å². The van der Waals surface area contributed by atoms with Gasteiger partial charge in [0.25, 0.3) is 0 Å². The quantitative estimate of drug-likeness (QED) is 0.824. The Morgan fingerprint density at radius 1 is 1.52 bits per heavy atom. The van der Waals surface area contributed by atoms with Gasteiger partial charge in [-0.2, -0.15) is 0 Å². The first-order valence-electron chi connectivity index (χ1n) is 6.41. The molecule has 7 heteroatoms. The summed E-state index contributed by atoms with van der Waals surface area (Å²) in [4.78, 5) is 23.9. The lowest BCUT2D eigenvalue weighted by molar-refractivity contribution is -0.125. The molecule has 1 aromatic carbocycles. The molecule has 1 heterocycles. The van der Waals surface area contributed by atoms with E-state index in [-0.39, 0.29) is 18.6 Å². The summed E-state index contributed by atoms with van der Waals surface area (Å²) in [5.41, 5.74) is 5.72. The summed E-state index contributed by atoms with van der Waals surface area (Å²) < 4.78 is 9.89. The van der Waals surface area contributed by atoms with Crippen LogP contribution in [0.1, 0.15) is 17.3 Å². The number of halogens is 1. The van der Waals surface area contributed by atoms with E-state index in [2.05, 4.69) is 10.1 Å². The maximum Gasteiger partial charge on any atom is 0.337 e. The molecule has 21 heavy (non-hydrogen) atoms. The highest BCUT2D eigenvalue weighted by molar-refractivity contribution is 6.34. The van der Waals surface area contributed by atoms with Crippen LogP contribution in [-0.4, -0.2) is 38.2 Å². The molecule has 3 N–H and O–H groups in total. The molecule has 0 aromatic heterocycles. The number of carbonyl (C=O) groups is 2. The number of benzene rings is 1. The third-order valence-corrected chi connectivity index (χ3v) is 4.00. The third-order valence-electron chi connectivity index (χ3n) is 3.67. The summed E-state index contributed by atoms with van der Waals surface area (Å²) in [5, 5.41) is 3.03. The molecule has 114 valence electrons. The van der Waals surface area contributed by atoms with E-state index < -0.39 is 11.4 Å². The highest BCUT2D eigenvalue weighted by Gasteiger charge is 2.44. The molecule has 1 saturated heterocycles. The van der Waals surface area contributed by atoms with Crippen LogP contribution in [0.15, 0.2) is 18.2 Å². The summed E-state index contributed by atoms with van der Waals surface area (Å²) >= 11 is 6.05. The summed E-state index contributed by atoms with van der Waals surface area (Å²) in [6.45, 7) is 2.31. The number of rotatable bonds is 3. The van der Waals surface area contributed by atoms with E-state index in [9.17, 15) is 9.59 Å². The highest BCUT2D eigenvalue weighted by Crippen LogP contribution is 2.31. The van der Waals surface area contributed by atoms with Crippen molar-refractivity contribution in [1.82, 2.24) is 0 Å². The van der Waals surface area contributed by atoms with E-state index in [1.807, 2.05) is 0 Å². The Labute approximate surface area is 127 Å². The SMILES string of the molecule is COC(=O)c1ccc(Cl)c(NC(=O)C2(C)COCC2N)c1. The number of anilines is 1. The van der Waals surface area contributed by atoms with Gasteiger partial charge in [-0.05, 0) is 25.1 Å². The molecule has 2 rings (SSSR count). The van der Waals surface area contributed by atoms with Crippen LogP contribution in [0, 0.1) is 5.41 Å². The molecule has 0 saturated carbocycles. The van der Waals surface area contributed by atoms with Gasteiger partial charge in [-0.3, -0.25) is 4.79 Å². The Balaban J connectivity index is 2.23. The fourth-order valence-corrected chi connectivity index (χ4v) is 2.22. The molecule has 2 unspecified atom stereocenters. The average Bonchev–Trinajstić information content (AvgIpc) is 2.81. The van der Waals surface area contributed by atoms with Crippen molar-refractivity contribution < 1.29 is 19.1 Å². The van der Waals surface area contributed by atoms with Crippen LogP contribution in [0.5, 0.6) is 0 Å². The molecule has 1 amide bonds. The van der Waals surface area contributed by atoms with Crippen molar-refractivity contribution in [2.24, 2.45) is 11.1 Å². The second-order valence-electron chi connectivity index (χ2n) is 5.18. The lowest BCUT2D eigenvalue weighted by Crippen LogP contribution is -2.47. The monoisotopic (exact) mass is 312 g/mol. The molecule has 0 radical (unpaired) electrons. The maximum absolute atomic E-state index is 12.4. The number of hydrogen-bond donors (Lipinski definition) is 2. The predicted molar refractivity (Wildman–Crippen MR) is 78.3 cm³/mol. The number of esters is 1. The third kappa shape index (κ3) is 3.02. The Kier molecular flexibility index (Phi) is 4.51. The van der Waals surface area contributed by atoms with Crippen LogP contribution in [0.3, 0.4) is 0 Å². The van der Waals surface area contributed by atoms with Crippen molar-refractivity contribution in [3.05, 3.63) is 28.8 Å². The molecule has 0 spiro atoms. The standard InChI is InChI=1S/C14H17ClN2O4/c1-14(7-21-6-11(14)16)13(19)17-10-5-8(12(18)20-2)3-4-9(10)15/h3-5,11H,6-7,16H2,1-2H3,(H,17,19). The zero-order valence-electron chi connectivity index (χ0n) is 11.8. The normalized spacial score (nSPS) is 24.7. The van der Waals surface area contributed by atoms with Crippen molar-refractivity contribution in [1.29, 1.82) is 0 Å². The van der Waals surface area contributed by atoms with Gasteiger partial charge in [-0.1, -0.05) is 11.6 Å². The molecule has 6 nitrogen and oxygen atoms in total. The van der Waals surface area contributed by atoms with Gasteiger partial charge in [0.1, 0.15) is 0 Å². The summed E-state index contributed by atoms with van der Waals surface area (Å²) in [6.07, 6.45) is 0. The van der Waals surface area contributed by atoms with Gasteiger partial charge in [-0.15, -0.1) is 0 Å². The van der Waals surface area contributed by atoms with Gasteiger partial charge in [0.15, 0.2) is 0 Å². The first kappa shape index (κ1) is 15.8. The van der Waals surface area contributed by atoms with Gasteiger partial charge in [-0.25, -0.2) is 4.79 Å². The summed E-state index contributed by atoms with van der Waals surface area (Å²) in [5.74, 6) is -0.800. The average molecular weight is 313 g/mol. The molecular weight excluding hydrogens is 296 g/mol. The molecule has 1 fully saturated rings. The maximum atomic E-state index is 12.4. The molecular formula is C14H17ClN2O4. The molecule has 1 aliphatic heterocycles. The Bertz CT molecular complexity index is 578. The van der Waals surface area contributed by atoms with Gasteiger partial charge in [0, 0.05) is 6.04 Å². The van der Waals surface area contributed by atoms with Crippen LogP contribution in [0.25, 0.3) is 0 Å². The Morgan fingerprint density at radius 2 is 2.24 bits per heavy atom. The first-order chi connectivity index (χ1) is 9.88. The van der Waals surface area contributed by atoms with Crippen LogP contribution < -0.4 is 11.1 Å². The molecule has 1 aliphatic rings. The fourth-order valence-electron chi connectivity index (χ4n) is 2.05. The smallest absolute Gasteiger partial charge is 0.337 e. The number of nitrogens with two attached hydrogens (primary N) is 1. The number of nitrogens with one attached hydrogen (secondary N) is 1.